The van der Waals surface area contributed by atoms with Gasteiger partial charge >= 0.3 is 0 Å². The number of ether oxygens (including phenoxy) is 1. The van der Waals surface area contributed by atoms with E-state index in [-0.39, 0.29) is 12.5 Å². The Morgan fingerprint density at radius 2 is 2.00 bits per heavy atom. The maximum absolute atomic E-state index is 11.9. The number of nitrogens with zero attached hydrogens (tertiary/aromatic N) is 4. The molecule has 27 heavy (non-hydrogen) atoms. The summed E-state index contributed by atoms with van der Waals surface area (Å²) in [7, 11) is 7.09. The van der Waals surface area contributed by atoms with E-state index in [4.69, 9.17) is 4.74 Å². The first-order valence-electron chi connectivity index (χ1n) is 8.70. The van der Waals surface area contributed by atoms with Gasteiger partial charge in [-0.2, -0.15) is 0 Å². The Bertz CT molecular complexity index is 729. The number of thiazole rings is 1. The Hall–Kier alpha value is -2.61. The van der Waals surface area contributed by atoms with Crippen molar-refractivity contribution in [1.82, 2.24) is 20.1 Å². The second kappa shape index (κ2) is 10.5. The van der Waals surface area contributed by atoms with Gasteiger partial charge in [-0.25, -0.2) is 9.98 Å². The van der Waals surface area contributed by atoms with Crippen molar-refractivity contribution in [1.29, 1.82) is 0 Å². The van der Waals surface area contributed by atoms with Crippen molar-refractivity contribution in [2.24, 2.45) is 4.99 Å². The van der Waals surface area contributed by atoms with E-state index in [1.165, 1.54) is 0 Å². The highest BCUT2D eigenvalue weighted by Crippen LogP contribution is 2.12. The minimum atomic E-state index is 0.000436. The molecule has 0 aliphatic heterocycles. The van der Waals surface area contributed by atoms with E-state index in [1.807, 2.05) is 47.8 Å². The molecule has 2 rings (SSSR count). The summed E-state index contributed by atoms with van der Waals surface area (Å²) >= 11 is 1.64. The van der Waals surface area contributed by atoms with Crippen LogP contribution >= 0.6 is 11.3 Å². The summed E-state index contributed by atoms with van der Waals surface area (Å²) in [5.74, 6) is 1.51. The fraction of sp³-hybridized carbons (Fsp3) is 0.421. The molecule has 0 unspecified atom stereocenters. The molecule has 1 aromatic heterocycles. The van der Waals surface area contributed by atoms with Gasteiger partial charge in [-0.15, -0.1) is 11.3 Å². The van der Waals surface area contributed by atoms with Crippen molar-refractivity contribution in [2.75, 3.05) is 41.3 Å². The van der Waals surface area contributed by atoms with Crippen LogP contribution in [0.25, 0.3) is 0 Å². The molecule has 2 aromatic rings. The number of amides is 1. The van der Waals surface area contributed by atoms with Gasteiger partial charge in [0.1, 0.15) is 5.75 Å². The Labute approximate surface area is 164 Å². The van der Waals surface area contributed by atoms with Crippen LogP contribution in [-0.4, -0.2) is 68.0 Å². The van der Waals surface area contributed by atoms with Gasteiger partial charge in [-0.1, -0.05) is 12.1 Å². The van der Waals surface area contributed by atoms with Crippen LogP contribution < -0.4 is 10.1 Å². The highest BCUT2D eigenvalue weighted by molar-refractivity contribution is 7.09. The topological polar surface area (TPSA) is 70.1 Å². The third kappa shape index (κ3) is 6.90. The molecule has 7 nitrogen and oxygen atoms in total. The molecule has 0 aliphatic rings. The lowest BCUT2D eigenvalue weighted by atomic mass is 10.2. The van der Waals surface area contributed by atoms with Gasteiger partial charge in [0.15, 0.2) is 5.96 Å². The van der Waals surface area contributed by atoms with Crippen molar-refractivity contribution in [3.8, 4) is 5.75 Å². The van der Waals surface area contributed by atoms with E-state index in [0.717, 1.165) is 29.3 Å². The summed E-state index contributed by atoms with van der Waals surface area (Å²) in [4.78, 5) is 24.5. The van der Waals surface area contributed by atoms with Crippen LogP contribution in [0.15, 0.2) is 40.8 Å². The average Bonchev–Trinajstić information content (AvgIpc) is 3.19. The molecule has 8 heteroatoms. The second-order valence-electron chi connectivity index (χ2n) is 6.23. The third-order valence-corrected chi connectivity index (χ3v) is 4.81. The second-order valence-corrected chi connectivity index (χ2v) is 7.21. The van der Waals surface area contributed by atoms with Crippen LogP contribution in [0.3, 0.4) is 0 Å². The number of rotatable bonds is 8. The summed E-state index contributed by atoms with van der Waals surface area (Å²) < 4.78 is 5.18. The zero-order chi connectivity index (χ0) is 19.6. The maximum atomic E-state index is 11.9. The van der Waals surface area contributed by atoms with E-state index >= 15 is 0 Å². The fourth-order valence-corrected chi connectivity index (χ4v) is 2.88. The zero-order valence-electron chi connectivity index (χ0n) is 16.3. The predicted octanol–water partition coefficient (Wildman–Crippen LogP) is 1.86. The number of nitrogens with one attached hydrogen (secondary N) is 1. The standard InChI is InChI=1S/C19H27N5O2S/c1-23(2)18(25)14-22-19(24(3)11-9-17-20-10-12-27-17)21-13-15-5-7-16(26-4)8-6-15/h5-8,10,12H,9,11,13-14H2,1-4H3,(H,21,22). The zero-order valence-corrected chi connectivity index (χ0v) is 17.1. The number of carbonyl (C=O) groups is 1. The first-order valence-corrected chi connectivity index (χ1v) is 9.58. The molecule has 0 fully saturated rings. The molecule has 1 N–H and O–H groups in total. The normalized spacial score (nSPS) is 11.2. The van der Waals surface area contributed by atoms with Crippen molar-refractivity contribution in [3.63, 3.8) is 0 Å². The van der Waals surface area contributed by atoms with Gasteiger partial charge < -0.3 is 19.9 Å². The first kappa shape index (κ1) is 20.7. The first-order chi connectivity index (χ1) is 13.0. The van der Waals surface area contributed by atoms with Crippen molar-refractivity contribution in [2.45, 2.75) is 13.0 Å². The van der Waals surface area contributed by atoms with E-state index in [9.17, 15) is 4.79 Å². The lowest BCUT2D eigenvalue weighted by Crippen LogP contribution is -2.44. The molecular formula is C19H27N5O2S. The molecule has 146 valence electrons. The highest BCUT2D eigenvalue weighted by Gasteiger charge is 2.11. The Balaban J connectivity index is 2.02. The molecule has 0 aliphatic carbocycles. The van der Waals surface area contributed by atoms with Gasteiger partial charge in [-0.3, -0.25) is 4.79 Å². The number of methoxy groups -OCH3 is 1. The average molecular weight is 390 g/mol. The van der Waals surface area contributed by atoms with E-state index in [0.29, 0.717) is 12.5 Å². The molecule has 0 spiro atoms. The lowest BCUT2D eigenvalue weighted by Gasteiger charge is -2.22. The number of likely N-dealkylation sites (N-methyl/N-ethyl adjacent to an activating group) is 2. The lowest BCUT2D eigenvalue weighted by molar-refractivity contribution is -0.127. The van der Waals surface area contributed by atoms with Crippen LogP contribution in [0.4, 0.5) is 0 Å². The van der Waals surface area contributed by atoms with Crippen molar-refractivity contribution < 1.29 is 9.53 Å². The minimum absolute atomic E-state index is 0.000436. The number of carbonyl (C=O) groups excluding carboxylic acids is 1. The number of hydrogen-bond acceptors (Lipinski definition) is 5. The summed E-state index contributed by atoms with van der Waals surface area (Å²) in [5, 5.41) is 6.22. The minimum Gasteiger partial charge on any atom is -0.497 e. The van der Waals surface area contributed by atoms with Crippen molar-refractivity contribution in [3.05, 3.63) is 46.4 Å². The number of aromatic nitrogens is 1. The van der Waals surface area contributed by atoms with Crippen LogP contribution in [0.5, 0.6) is 5.75 Å². The van der Waals surface area contributed by atoms with Crippen molar-refractivity contribution >= 4 is 23.2 Å². The summed E-state index contributed by atoms with van der Waals surface area (Å²) in [6.07, 6.45) is 2.64. The number of guanidine groups is 1. The molecule has 0 atom stereocenters. The van der Waals surface area contributed by atoms with Gasteiger partial charge in [0.05, 0.1) is 25.2 Å². The van der Waals surface area contributed by atoms with Gasteiger partial charge in [0.2, 0.25) is 5.91 Å². The molecule has 1 aromatic carbocycles. The Morgan fingerprint density at radius 3 is 2.59 bits per heavy atom. The van der Waals surface area contributed by atoms with E-state index in [2.05, 4.69) is 15.3 Å². The Morgan fingerprint density at radius 1 is 1.26 bits per heavy atom. The fourth-order valence-electron chi connectivity index (χ4n) is 2.27. The van der Waals surface area contributed by atoms with Crippen LogP contribution in [0.1, 0.15) is 10.6 Å². The molecular weight excluding hydrogens is 362 g/mol. The van der Waals surface area contributed by atoms with Crippen LogP contribution in [0.2, 0.25) is 0 Å². The molecule has 0 bridgehead atoms. The molecule has 1 heterocycles. The summed E-state index contributed by atoms with van der Waals surface area (Å²) in [6, 6.07) is 7.81. The quantitative estimate of drug-likeness (QED) is 0.551. The summed E-state index contributed by atoms with van der Waals surface area (Å²) in [6.45, 7) is 1.48. The molecule has 0 saturated carbocycles. The number of aliphatic imine (C=N–C) groups is 1. The third-order valence-electron chi connectivity index (χ3n) is 3.97. The van der Waals surface area contributed by atoms with Gasteiger partial charge in [-0.05, 0) is 17.7 Å². The SMILES string of the molecule is COc1ccc(CN=C(NCC(=O)N(C)C)N(C)CCc2nccs2)cc1. The molecule has 1 amide bonds. The highest BCUT2D eigenvalue weighted by atomic mass is 32.1. The van der Waals surface area contributed by atoms with Gasteiger partial charge in [0, 0.05) is 45.7 Å². The monoisotopic (exact) mass is 389 g/mol. The van der Waals surface area contributed by atoms with E-state index in [1.54, 1.807) is 37.4 Å². The van der Waals surface area contributed by atoms with Crippen LogP contribution in [0, 0.1) is 0 Å². The van der Waals surface area contributed by atoms with E-state index < -0.39 is 0 Å². The van der Waals surface area contributed by atoms with Gasteiger partial charge in [0.25, 0.3) is 0 Å². The molecule has 0 radical (unpaired) electrons. The maximum Gasteiger partial charge on any atom is 0.241 e. The van der Waals surface area contributed by atoms with Crippen LogP contribution in [-0.2, 0) is 17.8 Å². The largest absolute Gasteiger partial charge is 0.497 e. The number of hydrogen-bond donors (Lipinski definition) is 1. The smallest absolute Gasteiger partial charge is 0.241 e. The Kier molecular flexibility index (Phi) is 8.06. The molecule has 0 saturated heterocycles. The summed E-state index contributed by atoms with van der Waals surface area (Å²) in [5.41, 5.74) is 1.07. The predicted molar refractivity (Wildman–Crippen MR) is 109 cm³/mol. The number of benzene rings is 1.